The van der Waals surface area contributed by atoms with E-state index in [1.54, 1.807) is 17.6 Å². The van der Waals surface area contributed by atoms with Crippen LogP contribution in [0.1, 0.15) is 43.9 Å². The summed E-state index contributed by atoms with van der Waals surface area (Å²) >= 11 is 0. The molecule has 0 spiro atoms. The van der Waals surface area contributed by atoms with Crippen LogP contribution >= 0.6 is 0 Å². The molecule has 0 bridgehead atoms. The third-order valence-corrected chi connectivity index (χ3v) is 7.70. The van der Waals surface area contributed by atoms with Gasteiger partial charge in [-0.1, -0.05) is 19.1 Å². The molecule has 7 rings (SSSR count). The summed E-state index contributed by atoms with van der Waals surface area (Å²) < 4.78 is 24.0. The topological polar surface area (TPSA) is 109 Å². The van der Waals surface area contributed by atoms with E-state index < -0.39 is 11.6 Å². The van der Waals surface area contributed by atoms with Crippen molar-refractivity contribution in [2.45, 2.75) is 52.0 Å². The first kappa shape index (κ1) is 23.7. The summed E-state index contributed by atoms with van der Waals surface area (Å²) in [6.07, 6.45) is 0.130. The molecule has 1 atom stereocenters. The van der Waals surface area contributed by atoms with E-state index in [0.29, 0.717) is 28.4 Å². The van der Waals surface area contributed by atoms with Gasteiger partial charge in [-0.25, -0.2) is 9.78 Å². The molecule has 2 aromatic heterocycles. The minimum atomic E-state index is -1.89. The van der Waals surface area contributed by atoms with Crippen molar-refractivity contribution in [1.82, 2.24) is 9.55 Å². The van der Waals surface area contributed by atoms with E-state index in [-0.39, 0.29) is 49.2 Å². The Morgan fingerprint density at radius 3 is 2.51 bits per heavy atom. The number of cyclic esters (lactones) is 1. The average molecular weight is 527 g/mol. The van der Waals surface area contributed by atoms with Crippen molar-refractivity contribution < 1.29 is 28.8 Å². The van der Waals surface area contributed by atoms with Crippen LogP contribution in [0.2, 0.25) is 0 Å². The van der Waals surface area contributed by atoms with E-state index in [4.69, 9.17) is 23.9 Å². The van der Waals surface area contributed by atoms with Crippen LogP contribution in [0.3, 0.4) is 0 Å². The second-order valence-corrected chi connectivity index (χ2v) is 10.3. The van der Waals surface area contributed by atoms with Crippen molar-refractivity contribution in [3.63, 3.8) is 0 Å². The van der Waals surface area contributed by atoms with Gasteiger partial charge < -0.3 is 28.6 Å². The number of hydrogen-bond acceptors (Lipinski definition) is 8. The molecule has 9 nitrogen and oxygen atoms in total. The minimum absolute atomic E-state index is 0.0478. The van der Waals surface area contributed by atoms with Crippen LogP contribution in [0.4, 0.5) is 0 Å². The highest BCUT2D eigenvalue weighted by atomic mass is 16.7. The highest BCUT2D eigenvalue weighted by molar-refractivity contribution is 6.01. The lowest BCUT2D eigenvalue weighted by molar-refractivity contribution is -0.172. The number of aromatic nitrogens is 2. The molecule has 0 unspecified atom stereocenters. The predicted octanol–water partition coefficient (Wildman–Crippen LogP) is 4.26. The van der Waals surface area contributed by atoms with E-state index in [2.05, 4.69) is 0 Å². The third-order valence-electron chi connectivity index (χ3n) is 7.70. The van der Waals surface area contributed by atoms with Crippen LogP contribution in [0.15, 0.2) is 47.3 Å². The molecule has 198 valence electrons. The van der Waals surface area contributed by atoms with Crippen molar-refractivity contribution in [3.8, 4) is 39.8 Å². The number of fused-ring (bicyclic) bond motifs is 6. The molecule has 0 saturated heterocycles. The fourth-order valence-corrected chi connectivity index (χ4v) is 5.77. The summed E-state index contributed by atoms with van der Waals surface area (Å²) in [5, 5.41) is 12.1. The zero-order valence-corrected chi connectivity index (χ0v) is 21.7. The maximum atomic E-state index is 13.7. The van der Waals surface area contributed by atoms with Crippen LogP contribution < -0.4 is 19.8 Å². The van der Waals surface area contributed by atoms with Crippen molar-refractivity contribution in [2.75, 3.05) is 6.79 Å². The quantitative estimate of drug-likeness (QED) is 0.346. The van der Waals surface area contributed by atoms with Crippen molar-refractivity contribution in [1.29, 1.82) is 0 Å². The van der Waals surface area contributed by atoms with Gasteiger partial charge in [-0.2, -0.15) is 0 Å². The lowest BCUT2D eigenvalue weighted by Crippen LogP contribution is -2.44. The van der Waals surface area contributed by atoms with Crippen LogP contribution in [0.5, 0.6) is 17.2 Å². The zero-order valence-electron chi connectivity index (χ0n) is 21.7. The van der Waals surface area contributed by atoms with Gasteiger partial charge >= 0.3 is 5.97 Å². The molecule has 3 aliphatic rings. The molecular formula is C30H26N2O7. The molecule has 2 aromatic carbocycles. The van der Waals surface area contributed by atoms with E-state index in [1.165, 1.54) is 0 Å². The van der Waals surface area contributed by atoms with Gasteiger partial charge in [0.25, 0.3) is 5.56 Å². The van der Waals surface area contributed by atoms with Gasteiger partial charge in [0.05, 0.1) is 35.1 Å². The molecule has 0 fully saturated rings. The SMILES string of the molecule is CC[C@@]1(O)C(=O)OCc2c1cc1n(c2=O)Cc2c-1nc1cc3c(cc1c2-c1ccc(OC(C)C)cc1)OCO3. The third kappa shape index (κ3) is 3.39. The average Bonchev–Trinajstić information content (AvgIpc) is 3.53. The van der Waals surface area contributed by atoms with Crippen LogP contribution in [0, 0.1) is 0 Å². The van der Waals surface area contributed by atoms with Crippen molar-refractivity contribution in [3.05, 3.63) is 69.5 Å². The molecule has 39 heavy (non-hydrogen) atoms. The molecule has 0 aliphatic carbocycles. The first-order valence-corrected chi connectivity index (χ1v) is 13.0. The van der Waals surface area contributed by atoms with E-state index >= 15 is 0 Å². The Labute approximate surface area is 223 Å². The highest BCUT2D eigenvalue weighted by Crippen LogP contribution is 2.46. The molecule has 0 amide bonds. The number of rotatable bonds is 4. The van der Waals surface area contributed by atoms with E-state index in [0.717, 1.165) is 27.8 Å². The summed E-state index contributed by atoms with van der Waals surface area (Å²) in [6.45, 7) is 5.89. The number of esters is 1. The Hall–Kier alpha value is -4.37. The standard InChI is InChI=1S/C30H26N2O7/c1-4-30(35)21-10-23-27-19(12-32(23)28(33)20(21)13-36-29(30)34)26(16-5-7-17(8-6-16)39-15(2)3)18-9-24-25(38-14-37-24)11-22(18)31-27/h5-11,15,35H,4,12-14H2,1-3H3/t30-/m0/s1. The highest BCUT2D eigenvalue weighted by Gasteiger charge is 2.45. The molecule has 0 saturated carbocycles. The molecule has 0 radical (unpaired) electrons. The molecule has 4 aromatic rings. The van der Waals surface area contributed by atoms with Gasteiger partial charge in [0.15, 0.2) is 17.1 Å². The lowest BCUT2D eigenvalue weighted by atomic mass is 9.86. The summed E-state index contributed by atoms with van der Waals surface area (Å²) in [5.41, 5.74) is 2.96. The fourth-order valence-electron chi connectivity index (χ4n) is 5.77. The Bertz CT molecular complexity index is 1760. The van der Waals surface area contributed by atoms with Gasteiger partial charge in [-0.05, 0) is 55.7 Å². The van der Waals surface area contributed by atoms with Gasteiger partial charge in [0.2, 0.25) is 6.79 Å². The summed E-state index contributed by atoms with van der Waals surface area (Å²) in [5.74, 6) is 1.25. The largest absolute Gasteiger partial charge is 0.491 e. The summed E-state index contributed by atoms with van der Waals surface area (Å²) in [6, 6.07) is 13.3. The monoisotopic (exact) mass is 526 g/mol. The number of nitrogens with zero attached hydrogens (tertiary/aromatic N) is 2. The Balaban J connectivity index is 1.50. The summed E-state index contributed by atoms with van der Waals surface area (Å²) in [7, 11) is 0. The van der Waals surface area contributed by atoms with E-state index in [9.17, 15) is 14.7 Å². The van der Waals surface area contributed by atoms with Gasteiger partial charge in [0.1, 0.15) is 12.4 Å². The van der Waals surface area contributed by atoms with Crippen molar-refractivity contribution >= 4 is 16.9 Å². The Kier molecular flexibility index (Phi) is 5.06. The number of carbonyl (C=O) groups excluding carboxylic acids is 1. The van der Waals surface area contributed by atoms with Gasteiger partial charge in [-0.15, -0.1) is 0 Å². The molecule has 5 heterocycles. The smallest absolute Gasteiger partial charge is 0.343 e. The number of hydrogen-bond donors (Lipinski definition) is 1. The molecular weight excluding hydrogens is 500 g/mol. The minimum Gasteiger partial charge on any atom is -0.491 e. The number of ether oxygens (including phenoxy) is 4. The molecule has 3 aliphatic heterocycles. The maximum Gasteiger partial charge on any atom is 0.343 e. The number of carbonyl (C=O) groups is 1. The maximum absolute atomic E-state index is 13.7. The normalized spacial score (nSPS) is 18.6. The second kappa shape index (κ2) is 8.31. The van der Waals surface area contributed by atoms with Gasteiger partial charge in [-0.3, -0.25) is 4.79 Å². The number of pyridine rings is 2. The van der Waals surface area contributed by atoms with Crippen molar-refractivity contribution in [2.24, 2.45) is 0 Å². The van der Waals surface area contributed by atoms with Crippen LogP contribution in [-0.2, 0) is 28.3 Å². The lowest BCUT2D eigenvalue weighted by Gasteiger charge is -2.31. The summed E-state index contributed by atoms with van der Waals surface area (Å²) in [4.78, 5) is 31.2. The zero-order chi connectivity index (χ0) is 27.1. The number of benzene rings is 2. The first-order valence-electron chi connectivity index (χ1n) is 13.0. The van der Waals surface area contributed by atoms with Crippen LogP contribution in [0.25, 0.3) is 33.4 Å². The Morgan fingerprint density at radius 1 is 1.05 bits per heavy atom. The van der Waals surface area contributed by atoms with Crippen LogP contribution in [-0.4, -0.2) is 33.5 Å². The first-order chi connectivity index (χ1) is 18.8. The Morgan fingerprint density at radius 2 is 1.79 bits per heavy atom. The van der Waals surface area contributed by atoms with E-state index in [1.807, 2.05) is 50.2 Å². The second-order valence-electron chi connectivity index (χ2n) is 10.3. The molecule has 9 heteroatoms. The van der Waals surface area contributed by atoms with Gasteiger partial charge in [0, 0.05) is 22.6 Å². The predicted molar refractivity (Wildman–Crippen MR) is 142 cm³/mol. The fraction of sp³-hybridized carbons (Fsp3) is 0.300. The number of aliphatic hydroxyl groups is 1. The molecule has 1 N–H and O–H groups in total.